The van der Waals surface area contributed by atoms with Gasteiger partial charge in [0.15, 0.2) is 5.16 Å². The van der Waals surface area contributed by atoms with E-state index in [0.717, 1.165) is 16.2 Å². The van der Waals surface area contributed by atoms with E-state index >= 15 is 0 Å². The summed E-state index contributed by atoms with van der Waals surface area (Å²) in [5, 5.41) is 4.28. The van der Waals surface area contributed by atoms with E-state index in [-0.39, 0.29) is 5.54 Å². The molecule has 1 aromatic carbocycles. The molecule has 1 N–H and O–H groups in total. The van der Waals surface area contributed by atoms with Crippen LogP contribution < -0.4 is 5.32 Å². The third-order valence-electron chi connectivity index (χ3n) is 2.58. The number of hydrogen-bond acceptors (Lipinski definition) is 4. The molecular weight excluding hydrogens is 334 g/mol. The molecule has 0 aliphatic carbocycles. The summed E-state index contributed by atoms with van der Waals surface area (Å²) in [5.41, 5.74) is 1.35. The summed E-state index contributed by atoms with van der Waals surface area (Å²) in [4.78, 5) is 9.71. The van der Waals surface area contributed by atoms with E-state index in [1.54, 1.807) is 24.2 Å². The number of benzene rings is 1. The highest BCUT2D eigenvalue weighted by Crippen LogP contribution is 2.30. The van der Waals surface area contributed by atoms with Crippen LogP contribution in [0.2, 0.25) is 0 Å². The Hall–Kier alpha value is -0.910. The highest BCUT2D eigenvalue weighted by molar-refractivity contribution is 9.10. The van der Waals surface area contributed by atoms with Crippen molar-refractivity contribution in [2.45, 2.75) is 42.9 Å². The summed E-state index contributed by atoms with van der Waals surface area (Å²) in [6.45, 7) is 7.32. The lowest BCUT2D eigenvalue weighted by Crippen LogP contribution is -2.35. The van der Waals surface area contributed by atoms with Crippen molar-refractivity contribution in [3.63, 3.8) is 0 Å². The van der Waals surface area contributed by atoms with Crippen LogP contribution in [0.25, 0.3) is 0 Å². The van der Waals surface area contributed by atoms with Crippen LogP contribution in [0, 0.1) is 0 Å². The molecule has 2 rings (SSSR count). The fraction of sp³-hybridized carbons (Fsp3) is 0.333. The number of nitrogens with zero attached hydrogens (tertiary/aromatic N) is 2. The monoisotopic (exact) mass is 351 g/mol. The molecule has 0 amide bonds. The Bertz CT molecular complexity index is 567. The van der Waals surface area contributed by atoms with Gasteiger partial charge in [0.25, 0.3) is 0 Å². The topological polar surface area (TPSA) is 37.8 Å². The highest BCUT2D eigenvalue weighted by Gasteiger charge is 2.12. The lowest BCUT2D eigenvalue weighted by atomic mass is 10.1. The van der Waals surface area contributed by atoms with Crippen LogP contribution in [0.1, 0.15) is 26.3 Å². The lowest BCUT2D eigenvalue weighted by Gasteiger charge is -2.21. The Kier molecular flexibility index (Phi) is 5.18. The van der Waals surface area contributed by atoms with Gasteiger partial charge in [-0.25, -0.2) is 9.97 Å². The molecule has 0 radical (unpaired) electrons. The number of hydrogen-bond donors (Lipinski definition) is 1. The Morgan fingerprint density at radius 1 is 1.20 bits per heavy atom. The van der Waals surface area contributed by atoms with Crippen molar-refractivity contribution in [3.8, 4) is 0 Å². The van der Waals surface area contributed by atoms with Crippen molar-refractivity contribution in [2.75, 3.05) is 0 Å². The molecule has 0 spiro atoms. The minimum absolute atomic E-state index is 0.0955. The maximum Gasteiger partial charge on any atom is 0.192 e. The molecule has 3 nitrogen and oxygen atoms in total. The Labute approximate surface area is 132 Å². The summed E-state index contributed by atoms with van der Waals surface area (Å²) in [7, 11) is 0. The third-order valence-corrected chi connectivity index (χ3v) is 4.07. The molecule has 1 aromatic heterocycles. The second kappa shape index (κ2) is 6.70. The van der Waals surface area contributed by atoms with Crippen LogP contribution in [0.3, 0.4) is 0 Å². The van der Waals surface area contributed by atoms with Crippen LogP contribution in [0.4, 0.5) is 0 Å². The molecule has 0 unspecified atom stereocenters. The zero-order chi connectivity index (χ0) is 14.6. The van der Waals surface area contributed by atoms with E-state index < -0.39 is 0 Å². The first-order valence-corrected chi connectivity index (χ1v) is 8.03. The summed E-state index contributed by atoms with van der Waals surface area (Å²) in [5.74, 6) is 0. The first-order valence-electron chi connectivity index (χ1n) is 6.42. The zero-order valence-corrected chi connectivity index (χ0v) is 14.3. The summed E-state index contributed by atoms with van der Waals surface area (Å²) < 4.78 is 1.07. The number of rotatable bonds is 4. The van der Waals surface area contributed by atoms with E-state index in [4.69, 9.17) is 0 Å². The largest absolute Gasteiger partial charge is 0.308 e. The van der Waals surface area contributed by atoms with Crippen molar-refractivity contribution < 1.29 is 0 Å². The SMILES string of the molecule is CC(C)(C)NCc1ccc(Br)cc1Sc1ncccn1. The molecule has 0 fully saturated rings. The predicted molar refractivity (Wildman–Crippen MR) is 86.9 cm³/mol. The fourth-order valence-corrected chi connectivity index (χ4v) is 2.96. The molecule has 0 bridgehead atoms. The molecule has 20 heavy (non-hydrogen) atoms. The Morgan fingerprint density at radius 2 is 1.90 bits per heavy atom. The van der Waals surface area contributed by atoms with Crippen molar-refractivity contribution in [1.29, 1.82) is 0 Å². The molecule has 5 heteroatoms. The molecule has 0 atom stereocenters. The summed E-state index contributed by atoms with van der Waals surface area (Å²) >= 11 is 5.11. The maximum absolute atomic E-state index is 4.27. The summed E-state index contributed by atoms with van der Waals surface area (Å²) in [6.07, 6.45) is 3.53. The van der Waals surface area contributed by atoms with Crippen molar-refractivity contribution >= 4 is 27.7 Å². The maximum atomic E-state index is 4.27. The number of halogens is 1. The van der Waals surface area contributed by atoms with Gasteiger partial charge in [-0.1, -0.05) is 22.0 Å². The van der Waals surface area contributed by atoms with Gasteiger partial charge in [-0.3, -0.25) is 0 Å². The second-order valence-electron chi connectivity index (χ2n) is 5.49. The highest BCUT2D eigenvalue weighted by atomic mass is 79.9. The van der Waals surface area contributed by atoms with Gasteiger partial charge in [0, 0.05) is 33.8 Å². The third kappa shape index (κ3) is 4.89. The van der Waals surface area contributed by atoms with Crippen LogP contribution in [0.15, 0.2) is 51.2 Å². The van der Waals surface area contributed by atoms with Gasteiger partial charge in [-0.2, -0.15) is 0 Å². The first kappa shape index (κ1) is 15.5. The van der Waals surface area contributed by atoms with Gasteiger partial charge < -0.3 is 5.32 Å². The fourth-order valence-electron chi connectivity index (χ4n) is 1.57. The second-order valence-corrected chi connectivity index (χ2v) is 7.41. The molecule has 1 heterocycles. The normalized spacial score (nSPS) is 11.6. The Balaban J connectivity index is 2.20. The van der Waals surface area contributed by atoms with E-state index in [0.29, 0.717) is 0 Å². The van der Waals surface area contributed by atoms with E-state index in [1.807, 2.05) is 6.07 Å². The van der Waals surface area contributed by atoms with Gasteiger partial charge in [0.05, 0.1) is 0 Å². The Morgan fingerprint density at radius 3 is 2.55 bits per heavy atom. The van der Waals surface area contributed by atoms with Crippen LogP contribution >= 0.6 is 27.7 Å². The first-order chi connectivity index (χ1) is 9.44. The van der Waals surface area contributed by atoms with Gasteiger partial charge in [0.2, 0.25) is 0 Å². The van der Waals surface area contributed by atoms with Crippen LogP contribution in [-0.2, 0) is 6.54 Å². The van der Waals surface area contributed by atoms with Crippen LogP contribution in [0.5, 0.6) is 0 Å². The number of nitrogens with one attached hydrogen (secondary N) is 1. The van der Waals surface area contributed by atoms with Crippen molar-refractivity contribution in [1.82, 2.24) is 15.3 Å². The minimum atomic E-state index is 0.0955. The quantitative estimate of drug-likeness (QED) is 0.834. The van der Waals surface area contributed by atoms with E-state index in [1.165, 1.54) is 10.5 Å². The minimum Gasteiger partial charge on any atom is -0.308 e. The van der Waals surface area contributed by atoms with Gasteiger partial charge in [-0.15, -0.1) is 0 Å². The predicted octanol–water partition coefficient (Wildman–Crippen LogP) is 4.28. The van der Waals surface area contributed by atoms with E-state index in [9.17, 15) is 0 Å². The van der Waals surface area contributed by atoms with E-state index in [2.05, 4.69) is 70.2 Å². The molecule has 106 valence electrons. The molecular formula is C15H18BrN3S. The lowest BCUT2D eigenvalue weighted by molar-refractivity contribution is 0.422. The molecule has 0 saturated heterocycles. The molecule has 0 aliphatic rings. The molecule has 0 saturated carbocycles. The van der Waals surface area contributed by atoms with Crippen LogP contribution in [-0.4, -0.2) is 15.5 Å². The molecule has 2 aromatic rings. The van der Waals surface area contributed by atoms with Gasteiger partial charge in [0.1, 0.15) is 0 Å². The van der Waals surface area contributed by atoms with Crippen molar-refractivity contribution in [3.05, 3.63) is 46.7 Å². The zero-order valence-electron chi connectivity index (χ0n) is 11.9. The number of aromatic nitrogens is 2. The standard InChI is InChI=1S/C15H18BrN3S/c1-15(2,3)19-10-11-5-6-12(16)9-13(11)20-14-17-7-4-8-18-14/h4-9,19H,10H2,1-3H3. The van der Waals surface area contributed by atoms with Gasteiger partial charge >= 0.3 is 0 Å². The average Bonchev–Trinajstić information content (AvgIpc) is 2.38. The summed E-state index contributed by atoms with van der Waals surface area (Å²) in [6, 6.07) is 8.14. The molecule has 0 aliphatic heterocycles. The van der Waals surface area contributed by atoms with Gasteiger partial charge in [-0.05, 0) is 56.3 Å². The van der Waals surface area contributed by atoms with Crippen molar-refractivity contribution in [2.24, 2.45) is 0 Å². The average molecular weight is 352 g/mol. The smallest absolute Gasteiger partial charge is 0.192 e.